The molecule has 1 saturated heterocycles. The highest BCUT2D eigenvalue weighted by atomic mass is 32.1. The molecular weight excluding hydrogens is 358 g/mol. The van der Waals surface area contributed by atoms with Crippen molar-refractivity contribution in [2.24, 2.45) is 0 Å². The van der Waals surface area contributed by atoms with Gasteiger partial charge in [0, 0.05) is 12.1 Å². The van der Waals surface area contributed by atoms with Crippen molar-refractivity contribution in [2.45, 2.75) is 25.8 Å². The van der Waals surface area contributed by atoms with E-state index in [-0.39, 0.29) is 11.9 Å². The average Bonchev–Trinajstić information content (AvgIpc) is 3.45. The fraction of sp³-hybridized carbons (Fsp3) is 0.333. The molecule has 0 unspecified atom stereocenters. The van der Waals surface area contributed by atoms with Gasteiger partial charge < -0.3 is 9.73 Å². The van der Waals surface area contributed by atoms with Gasteiger partial charge in [-0.15, -0.1) is 11.3 Å². The number of rotatable bonds is 6. The number of aromatic nitrogens is 1. The molecule has 0 saturated carbocycles. The first kappa shape index (κ1) is 17.9. The zero-order chi connectivity index (χ0) is 18.6. The second-order valence-electron chi connectivity index (χ2n) is 6.76. The molecule has 1 atom stereocenters. The zero-order valence-corrected chi connectivity index (χ0v) is 16.2. The van der Waals surface area contributed by atoms with E-state index in [0.717, 1.165) is 35.1 Å². The van der Waals surface area contributed by atoms with Gasteiger partial charge in [0.05, 0.1) is 23.0 Å². The first-order chi connectivity index (χ1) is 13.2. The third kappa shape index (κ3) is 3.96. The molecule has 4 rings (SSSR count). The fourth-order valence-corrected chi connectivity index (χ4v) is 4.44. The van der Waals surface area contributed by atoms with Gasteiger partial charge in [0.15, 0.2) is 0 Å². The Hall–Kier alpha value is -2.44. The standard InChI is InChI=1S/C21H23N3O2S/c1-15-23-19(16-8-3-2-4-9-16)20(27-15)21(25)22-14-17(18-10-7-13-26-18)24-11-5-6-12-24/h2-4,7-10,13,17H,5-6,11-12,14H2,1H3,(H,22,25)/t17-/m1/s1. The van der Waals surface area contributed by atoms with Crippen LogP contribution in [0.4, 0.5) is 0 Å². The number of nitrogens with zero attached hydrogens (tertiary/aromatic N) is 2. The van der Waals surface area contributed by atoms with E-state index in [4.69, 9.17) is 4.42 Å². The predicted octanol–water partition coefficient (Wildman–Crippen LogP) is 4.28. The maximum Gasteiger partial charge on any atom is 0.263 e. The summed E-state index contributed by atoms with van der Waals surface area (Å²) in [6.45, 7) is 4.54. The topological polar surface area (TPSA) is 58.4 Å². The molecule has 1 N–H and O–H groups in total. The summed E-state index contributed by atoms with van der Waals surface area (Å²) in [5.41, 5.74) is 1.72. The van der Waals surface area contributed by atoms with E-state index in [0.29, 0.717) is 11.4 Å². The van der Waals surface area contributed by atoms with Gasteiger partial charge in [0.25, 0.3) is 5.91 Å². The Bertz CT molecular complexity index is 884. The lowest BCUT2D eigenvalue weighted by Crippen LogP contribution is -2.36. The summed E-state index contributed by atoms with van der Waals surface area (Å²) in [5.74, 6) is 0.830. The van der Waals surface area contributed by atoms with Crippen LogP contribution in [-0.2, 0) is 0 Å². The predicted molar refractivity (Wildman–Crippen MR) is 107 cm³/mol. The quantitative estimate of drug-likeness (QED) is 0.692. The summed E-state index contributed by atoms with van der Waals surface area (Å²) in [5, 5.41) is 4.01. The Morgan fingerprint density at radius 2 is 2.00 bits per heavy atom. The van der Waals surface area contributed by atoms with E-state index in [2.05, 4.69) is 15.2 Å². The number of benzene rings is 1. The van der Waals surface area contributed by atoms with Crippen LogP contribution in [0.15, 0.2) is 53.1 Å². The third-order valence-corrected chi connectivity index (χ3v) is 5.87. The summed E-state index contributed by atoms with van der Waals surface area (Å²) in [6, 6.07) is 13.8. The molecule has 27 heavy (non-hydrogen) atoms. The summed E-state index contributed by atoms with van der Waals surface area (Å²) >= 11 is 1.44. The molecule has 140 valence electrons. The van der Waals surface area contributed by atoms with Gasteiger partial charge in [-0.3, -0.25) is 9.69 Å². The van der Waals surface area contributed by atoms with E-state index >= 15 is 0 Å². The number of likely N-dealkylation sites (tertiary alicyclic amines) is 1. The number of aryl methyl sites for hydroxylation is 1. The second kappa shape index (κ2) is 8.06. The molecule has 0 spiro atoms. The summed E-state index contributed by atoms with van der Waals surface area (Å²) in [4.78, 5) is 20.6. The molecule has 3 aromatic rings. The van der Waals surface area contributed by atoms with Crippen LogP contribution in [0.3, 0.4) is 0 Å². The fourth-order valence-electron chi connectivity index (χ4n) is 3.59. The van der Waals surface area contributed by atoms with Crippen LogP contribution in [0.25, 0.3) is 11.3 Å². The number of thiazole rings is 1. The van der Waals surface area contributed by atoms with Crippen molar-refractivity contribution in [1.29, 1.82) is 0 Å². The molecule has 6 heteroatoms. The second-order valence-corrected chi connectivity index (χ2v) is 7.96. The lowest BCUT2D eigenvalue weighted by Gasteiger charge is -2.25. The number of furan rings is 1. The van der Waals surface area contributed by atoms with Crippen LogP contribution >= 0.6 is 11.3 Å². The van der Waals surface area contributed by atoms with Crippen LogP contribution in [0.2, 0.25) is 0 Å². The van der Waals surface area contributed by atoms with Crippen molar-refractivity contribution in [3.05, 3.63) is 64.4 Å². The Balaban J connectivity index is 1.52. The normalized spacial score (nSPS) is 15.7. The monoisotopic (exact) mass is 381 g/mol. The number of amides is 1. The van der Waals surface area contributed by atoms with Crippen LogP contribution in [0.1, 0.15) is 39.3 Å². The lowest BCUT2D eigenvalue weighted by atomic mass is 10.1. The molecule has 1 fully saturated rings. The van der Waals surface area contributed by atoms with Crippen molar-refractivity contribution < 1.29 is 9.21 Å². The molecule has 1 amide bonds. The molecule has 3 heterocycles. The number of carbonyl (C=O) groups excluding carboxylic acids is 1. The van der Waals surface area contributed by atoms with Gasteiger partial charge in [-0.2, -0.15) is 0 Å². The molecule has 1 aliphatic heterocycles. The maximum absolute atomic E-state index is 13.0. The molecule has 1 aliphatic rings. The van der Waals surface area contributed by atoms with Crippen LogP contribution < -0.4 is 5.32 Å². The average molecular weight is 382 g/mol. The lowest BCUT2D eigenvalue weighted by molar-refractivity contribution is 0.0938. The van der Waals surface area contributed by atoms with Crippen LogP contribution in [-0.4, -0.2) is 35.4 Å². The Morgan fingerprint density at radius 3 is 2.70 bits per heavy atom. The molecule has 0 aliphatic carbocycles. The van der Waals surface area contributed by atoms with Crippen molar-refractivity contribution >= 4 is 17.2 Å². The van der Waals surface area contributed by atoms with Crippen molar-refractivity contribution in [1.82, 2.24) is 15.2 Å². The van der Waals surface area contributed by atoms with E-state index in [1.807, 2.05) is 49.4 Å². The maximum atomic E-state index is 13.0. The third-order valence-electron chi connectivity index (χ3n) is 4.90. The van der Waals surface area contributed by atoms with Gasteiger partial charge in [-0.25, -0.2) is 4.98 Å². The van der Waals surface area contributed by atoms with E-state index in [9.17, 15) is 4.79 Å². The molecule has 2 aromatic heterocycles. The van der Waals surface area contributed by atoms with Crippen molar-refractivity contribution in [2.75, 3.05) is 19.6 Å². The first-order valence-electron chi connectivity index (χ1n) is 9.31. The largest absolute Gasteiger partial charge is 0.468 e. The van der Waals surface area contributed by atoms with Crippen LogP contribution in [0, 0.1) is 6.92 Å². The van der Waals surface area contributed by atoms with Crippen LogP contribution in [0.5, 0.6) is 0 Å². The Kier molecular flexibility index (Phi) is 5.36. The highest BCUT2D eigenvalue weighted by Crippen LogP contribution is 2.29. The molecule has 0 radical (unpaired) electrons. The first-order valence-corrected chi connectivity index (χ1v) is 10.1. The minimum absolute atomic E-state index is 0.0700. The van der Waals surface area contributed by atoms with Gasteiger partial charge in [-0.05, 0) is 45.0 Å². The van der Waals surface area contributed by atoms with Gasteiger partial charge in [0.1, 0.15) is 10.6 Å². The molecule has 1 aromatic carbocycles. The minimum Gasteiger partial charge on any atom is -0.468 e. The Labute approximate surface area is 163 Å². The van der Waals surface area contributed by atoms with Crippen molar-refractivity contribution in [3.8, 4) is 11.3 Å². The van der Waals surface area contributed by atoms with E-state index in [1.165, 1.54) is 24.2 Å². The highest BCUT2D eigenvalue weighted by molar-refractivity contribution is 7.14. The SMILES string of the molecule is Cc1nc(-c2ccccc2)c(C(=O)NC[C@H](c2ccco2)N2CCCC2)s1. The highest BCUT2D eigenvalue weighted by Gasteiger charge is 2.27. The van der Waals surface area contributed by atoms with Gasteiger partial charge >= 0.3 is 0 Å². The van der Waals surface area contributed by atoms with Gasteiger partial charge in [0.2, 0.25) is 0 Å². The Morgan fingerprint density at radius 1 is 1.22 bits per heavy atom. The number of hydrogen-bond donors (Lipinski definition) is 1. The minimum atomic E-state index is -0.0739. The molecule has 0 bridgehead atoms. The summed E-state index contributed by atoms with van der Waals surface area (Å²) in [7, 11) is 0. The zero-order valence-electron chi connectivity index (χ0n) is 15.4. The number of hydrogen-bond acceptors (Lipinski definition) is 5. The van der Waals surface area contributed by atoms with E-state index in [1.54, 1.807) is 6.26 Å². The molecule has 5 nitrogen and oxygen atoms in total. The summed E-state index contributed by atoms with van der Waals surface area (Å²) < 4.78 is 5.64. The van der Waals surface area contributed by atoms with Gasteiger partial charge in [-0.1, -0.05) is 30.3 Å². The summed E-state index contributed by atoms with van der Waals surface area (Å²) in [6.07, 6.45) is 4.08. The van der Waals surface area contributed by atoms with E-state index < -0.39 is 0 Å². The smallest absolute Gasteiger partial charge is 0.263 e. The van der Waals surface area contributed by atoms with Crippen molar-refractivity contribution in [3.63, 3.8) is 0 Å². The molecular formula is C21H23N3O2S. The number of carbonyl (C=O) groups is 1. The number of nitrogens with one attached hydrogen (secondary N) is 1.